The van der Waals surface area contributed by atoms with E-state index in [0.717, 1.165) is 5.82 Å². The van der Waals surface area contributed by atoms with Gasteiger partial charge < -0.3 is 9.30 Å². The Morgan fingerprint density at radius 1 is 1.33 bits per heavy atom. The minimum atomic E-state index is -0.0231. The predicted molar refractivity (Wildman–Crippen MR) is 59.4 cm³/mol. The Morgan fingerprint density at radius 3 is 2.27 bits per heavy atom. The summed E-state index contributed by atoms with van der Waals surface area (Å²) < 4.78 is 7.83. The van der Waals surface area contributed by atoms with Gasteiger partial charge in [0.15, 0.2) is 5.82 Å². The number of ether oxygens (including phenoxy) is 1. The summed E-state index contributed by atoms with van der Waals surface area (Å²) in [6.07, 6.45) is 1.87. The number of hydrogen-bond donors (Lipinski definition) is 0. The van der Waals surface area contributed by atoms with Gasteiger partial charge in [0.05, 0.1) is 6.10 Å². The summed E-state index contributed by atoms with van der Waals surface area (Å²) in [7, 11) is 1.94. The molecule has 15 heavy (non-hydrogen) atoms. The molecule has 0 fully saturated rings. The molecule has 1 aromatic heterocycles. The minimum absolute atomic E-state index is 0.0189. The second kappa shape index (κ2) is 4.31. The Bertz CT molecular complexity index is 312. The molecule has 1 aromatic rings. The van der Waals surface area contributed by atoms with Gasteiger partial charge in [-0.15, -0.1) is 10.2 Å². The van der Waals surface area contributed by atoms with E-state index in [1.807, 2.05) is 25.5 Å². The average Bonchev–Trinajstić information content (AvgIpc) is 2.45. The SMILES string of the molecule is CC(C)OC(c1nncn1C)C(C)(C)C. The van der Waals surface area contributed by atoms with E-state index >= 15 is 0 Å². The van der Waals surface area contributed by atoms with E-state index in [2.05, 4.69) is 31.0 Å². The molecule has 0 aliphatic carbocycles. The fourth-order valence-corrected chi connectivity index (χ4v) is 1.45. The summed E-state index contributed by atoms with van der Waals surface area (Å²) in [5, 5.41) is 8.02. The lowest BCUT2D eigenvalue weighted by Gasteiger charge is -2.31. The molecule has 0 aliphatic rings. The molecule has 0 aliphatic heterocycles. The highest BCUT2D eigenvalue weighted by atomic mass is 16.5. The quantitative estimate of drug-likeness (QED) is 0.770. The van der Waals surface area contributed by atoms with Crippen molar-refractivity contribution in [3.63, 3.8) is 0 Å². The van der Waals surface area contributed by atoms with Crippen molar-refractivity contribution in [3.05, 3.63) is 12.2 Å². The van der Waals surface area contributed by atoms with E-state index in [1.165, 1.54) is 0 Å². The van der Waals surface area contributed by atoms with Crippen LogP contribution in [0.15, 0.2) is 6.33 Å². The van der Waals surface area contributed by atoms with Crippen molar-refractivity contribution >= 4 is 0 Å². The molecule has 1 heterocycles. The first kappa shape index (κ1) is 12.2. The smallest absolute Gasteiger partial charge is 0.162 e. The van der Waals surface area contributed by atoms with Gasteiger partial charge in [0.2, 0.25) is 0 Å². The molecule has 0 spiro atoms. The van der Waals surface area contributed by atoms with Gasteiger partial charge in [0, 0.05) is 7.05 Å². The highest BCUT2D eigenvalue weighted by Gasteiger charge is 2.31. The molecule has 1 atom stereocenters. The van der Waals surface area contributed by atoms with Crippen LogP contribution in [-0.2, 0) is 11.8 Å². The van der Waals surface area contributed by atoms with Crippen LogP contribution in [0.25, 0.3) is 0 Å². The van der Waals surface area contributed by atoms with E-state index in [0.29, 0.717) is 0 Å². The van der Waals surface area contributed by atoms with E-state index < -0.39 is 0 Å². The van der Waals surface area contributed by atoms with E-state index in [-0.39, 0.29) is 17.6 Å². The molecule has 4 nitrogen and oxygen atoms in total. The lowest BCUT2D eigenvalue weighted by molar-refractivity contribution is -0.0607. The Hall–Kier alpha value is -0.900. The van der Waals surface area contributed by atoms with Crippen LogP contribution in [0.5, 0.6) is 0 Å². The lowest BCUT2D eigenvalue weighted by Crippen LogP contribution is -2.26. The van der Waals surface area contributed by atoms with Crippen LogP contribution in [-0.4, -0.2) is 20.9 Å². The molecular formula is C11H21N3O. The molecule has 0 amide bonds. The number of nitrogens with zero attached hydrogens (tertiary/aromatic N) is 3. The van der Waals surface area contributed by atoms with Crippen molar-refractivity contribution in [2.24, 2.45) is 12.5 Å². The van der Waals surface area contributed by atoms with Crippen LogP contribution >= 0.6 is 0 Å². The first-order valence-electron chi connectivity index (χ1n) is 5.31. The second-order valence-corrected chi connectivity index (χ2v) is 5.23. The zero-order valence-electron chi connectivity index (χ0n) is 10.5. The maximum Gasteiger partial charge on any atom is 0.162 e. The second-order valence-electron chi connectivity index (χ2n) is 5.23. The molecule has 0 saturated heterocycles. The fraction of sp³-hybridized carbons (Fsp3) is 0.818. The summed E-state index contributed by atoms with van der Waals surface area (Å²) in [5.74, 6) is 0.885. The molecule has 4 heteroatoms. The maximum atomic E-state index is 5.92. The number of rotatable bonds is 3. The number of hydrogen-bond acceptors (Lipinski definition) is 3. The van der Waals surface area contributed by atoms with Crippen molar-refractivity contribution in [2.45, 2.75) is 46.8 Å². The van der Waals surface area contributed by atoms with Crippen molar-refractivity contribution in [3.8, 4) is 0 Å². The van der Waals surface area contributed by atoms with E-state index in [4.69, 9.17) is 4.74 Å². The molecule has 86 valence electrons. The van der Waals surface area contributed by atoms with Gasteiger partial charge in [-0.3, -0.25) is 0 Å². The van der Waals surface area contributed by atoms with Gasteiger partial charge >= 0.3 is 0 Å². The fourth-order valence-electron chi connectivity index (χ4n) is 1.45. The summed E-state index contributed by atoms with van der Waals surface area (Å²) in [5.41, 5.74) is 0.0189. The van der Waals surface area contributed by atoms with Crippen LogP contribution in [0.4, 0.5) is 0 Å². The topological polar surface area (TPSA) is 39.9 Å². The number of aromatic nitrogens is 3. The van der Waals surface area contributed by atoms with Crippen molar-refractivity contribution in [1.82, 2.24) is 14.8 Å². The van der Waals surface area contributed by atoms with Gasteiger partial charge in [0.1, 0.15) is 12.4 Å². The van der Waals surface area contributed by atoms with Crippen molar-refractivity contribution in [2.75, 3.05) is 0 Å². The lowest BCUT2D eigenvalue weighted by atomic mass is 9.88. The zero-order chi connectivity index (χ0) is 11.6. The van der Waals surface area contributed by atoms with Crippen LogP contribution in [0.1, 0.15) is 46.5 Å². The predicted octanol–water partition coefficient (Wildman–Crippen LogP) is 2.33. The molecule has 0 N–H and O–H groups in total. The largest absolute Gasteiger partial charge is 0.367 e. The van der Waals surface area contributed by atoms with Gasteiger partial charge in [0.25, 0.3) is 0 Å². The summed E-state index contributed by atoms with van der Waals surface area (Å²) >= 11 is 0. The average molecular weight is 211 g/mol. The highest BCUT2D eigenvalue weighted by Crippen LogP contribution is 2.35. The molecular weight excluding hydrogens is 190 g/mol. The van der Waals surface area contributed by atoms with Gasteiger partial charge in [-0.2, -0.15) is 0 Å². The van der Waals surface area contributed by atoms with Crippen LogP contribution < -0.4 is 0 Å². The molecule has 0 aromatic carbocycles. The third kappa shape index (κ3) is 3.02. The molecule has 1 unspecified atom stereocenters. The Morgan fingerprint density at radius 2 is 1.93 bits per heavy atom. The van der Waals surface area contributed by atoms with Crippen LogP contribution in [0.3, 0.4) is 0 Å². The van der Waals surface area contributed by atoms with Crippen molar-refractivity contribution < 1.29 is 4.74 Å². The summed E-state index contributed by atoms with van der Waals surface area (Å²) in [6, 6.07) is 0. The van der Waals surface area contributed by atoms with E-state index in [1.54, 1.807) is 6.33 Å². The first-order valence-corrected chi connectivity index (χ1v) is 5.31. The third-order valence-electron chi connectivity index (χ3n) is 2.18. The Balaban J connectivity index is 2.97. The normalized spacial score (nSPS) is 14.6. The van der Waals surface area contributed by atoms with Crippen LogP contribution in [0.2, 0.25) is 0 Å². The van der Waals surface area contributed by atoms with E-state index in [9.17, 15) is 0 Å². The highest BCUT2D eigenvalue weighted by molar-refractivity contribution is 4.96. The first-order chi connectivity index (χ1) is 6.82. The van der Waals surface area contributed by atoms with Crippen molar-refractivity contribution in [1.29, 1.82) is 0 Å². The minimum Gasteiger partial charge on any atom is -0.367 e. The molecule has 0 radical (unpaired) electrons. The third-order valence-corrected chi connectivity index (χ3v) is 2.18. The van der Waals surface area contributed by atoms with Gasteiger partial charge in [-0.25, -0.2) is 0 Å². The van der Waals surface area contributed by atoms with Gasteiger partial charge in [-0.05, 0) is 19.3 Å². The maximum absolute atomic E-state index is 5.92. The summed E-state index contributed by atoms with van der Waals surface area (Å²) in [6.45, 7) is 10.5. The monoisotopic (exact) mass is 211 g/mol. The van der Waals surface area contributed by atoms with Gasteiger partial charge in [-0.1, -0.05) is 20.8 Å². The molecule has 1 rings (SSSR count). The standard InChI is InChI=1S/C11H21N3O/c1-8(2)15-9(11(3,4)5)10-13-12-7-14(10)6/h7-9H,1-6H3. The molecule has 0 saturated carbocycles. The number of aryl methyl sites for hydroxylation is 1. The molecule has 0 bridgehead atoms. The zero-order valence-corrected chi connectivity index (χ0v) is 10.5. The Kier molecular flexibility index (Phi) is 3.50. The van der Waals surface area contributed by atoms with Crippen LogP contribution in [0, 0.1) is 5.41 Å². The Labute approximate surface area is 91.7 Å². The summed E-state index contributed by atoms with van der Waals surface area (Å²) in [4.78, 5) is 0.